The first-order valence-electron chi connectivity index (χ1n) is 6.59. The molecule has 1 rings (SSSR count). The van der Waals surface area contributed by atoms with Crippen LogP contribution in [0.2, 0.25) is 0 Å². The van der Waals surface area contributed by atoms with Crippen molar-refractivity contribution in [3.05, 3.63) is 0 Å². The second kappa shape index (κ2) is 7.54. The number of nitrogens with one attached hydrogen (secondary N) is 1. The van der Waals surface area contributed by atoms with Crippen molar-refractivity contribution in [2.75, 3.05) is 13.6 Å². The lowest BCUT2D eigenvalue weighted by Gasteiger charge is -2.24. The van der Waals surface area contributed by atoms with Gasteiger partial charge >= 0.3 is 0 Å². The van der Waals surface area contributed by atoms with Crippen LogP contribution in [-0.4, -0.2) is 35.2 Å². The van der Waals surface area contributed by atoms with Crippen LogP contribution in [-0.2, 0) is 0 Å². The van der Waals surface area contributed by atoms with Gasteiger partial charge in [0.25, 0.3) is 0 Å². The van der Waals surface area contributed by atoms with Crippen LogP contribution in [0.1, 0.15) is 52.4 Å². The van der Waals surface area contributed by atoms with E-state index in [9.17, 15) is 0 Å². The Morgan fingerprint density at radius 1 is 1.12 bits per heavy atom. The molecule has 2 atom stereocenters. The van der Waals surface area contributed by atoms with Gasteiger partial charge < -0.3 is 0 Å². The molecule has 0 amide bonds. The van der Waals surface area contributed by atoms with E-state index in [1.807, 2.05) is 0 Å². The van der Waals surface area contributed by atoms with E-state index in [-0.39, 0.29) is 5.50 Å². The van der Waals surface area contributed by atoms with Gasteiger partial charge in [-0.3, -0.25) is 4.90 Å². The molecule has 0 aromatic rings. The minimum absolute atomic E-state index is 0.190. The molecule has 0 spiro atoms. The first-order valence-corrected chi connectivity index (χ1v) is 7.11. The number of thiol groups is 1. The van der Waals surface area contributed by atoms with E-state index in [4.69, 9.17) is 0 Å². The molecule has 0 bridgehead atoms. The highest BCUT2D eigenvalue weighted by molar-refractivity contribution is 7.80. The summed E-state index contributed by atoms with van der Waals surface area (Å²) in [7, 11) is 2.08. The molecule has 1 N–H and O–H groups in total. The standard InChI is InChI=1S/C12H27N3S/c1-4-5-6-7-8-9-10-15-11(2)14(3)13-12(15)16/h11-13,16H,4-10H2,1-3H3. The van der Waals surface area contributed by atoms with Crippen molar-refractivity contribution in [3.8, 4) is 0 Å². The van der Waals surface area contributed by atoms with Crippen molar-refractivity contribution in [2.24, 2.45) is 0 Å². The Morgan fingerprint density at radius 2 is 1.75 bits per heavy atom. The number of unbranched alkanes of at least 4 members (excludes halogenated alkanes) is 5. The molecular weight excluding hydrogens is 218 g/mol. The minimum atomic E-state index is 0.190. The summed E-state index contributed by atoms with van der Waals surface area (Å²) in [6, 6.07) is 0. The third-order valence-corrected chi connectivity index (χ3v) is 3.86. The van der Waals surface area contributed by atoms with E-state index in [0.717, 1.165) is 6.54 Å². The molecule has 96 valence electrons. The van der Waals surface area contributed by atoms with Gasteiger partial charge in [0.15, 0.2) is 0 Å². The van der Waals surface area contributed by atoms with Crippen LogP contribution >= 0.6 is 12.6 Å². The highest BCUT2D eigenvalue weighted by Gasteiger charge is 2.30. The lowest BCUT2D eigenvalue weighted by atomic mass is 10.1. The molecule has 0 aromatic carbocycles. The first kappa shape index (κ1) is 14.3. The third kappa shape index (κ3) is 4.24. The van der Waals surface area contributed by atoms with Gasteiger partial charge in [-0.1, -0.05) is 39.0 Å². The van der Waals surface area contributed by atoms with Gasteiger partial charge in [0.05, 0.1) is 6.17 Å². The SMILES string of the molecule is CCCCCCCCN1C(S)NN(C)C1C. The summed E-state index contributed by atoms with van der Waals surface area (Å²) < 4.78 is 0. The van der Waals surface area contributed by atoms with Gasteiger partial charge in [-0.15, -0.1) is 12.6 Å². The largest absolute Gasteiger partial charge is 0.262 e. The lowest BCUT2D eigenvalue weighted by Crippen LogP contribution is -2.36. The normalized spacial score (nSPS) is 27.8. The molecule has 1 aliphatic rings. The van der Waals surface area contributed by atoms with E-state index in [0.29, 0.717) is 6.17 Å². The minimum Gasteiger partial charge on any atom is -0.262 e. The third-order valence-electron chi connectivity index (χ3n) is 3.44. The summed E-state index contributed by atoms with van der Waals surface area (Å²) in [6.07, 6.45) is 8.60. The molecule has 0 aliphatic carbocycles. The van der Waals surface area contributed by atoms with Crippen LogP contribution in [0.4, 0.5) is 0 Å². The van der Waals surface area contributed by atoms with Crippen molar-refractivity contribution in [1.29, 1.82) is 0 Å². The Morgan fingerprint density at radius 3 is 2.31 bits per heavy atom. The predicted octanol–water partition coefficient (Wildman–Crippen LogP) is 2.66. The van der Waals surface area contributed by atoms with E-state index in [2.05, 4.69) is 48.9 Å². The van der Waals surface area contributed by atoms with E-state index >= 15 is 0 Å². The molecular formula is C12H27N3S. The average Bonchev–Trinajstić information content (AvgIpc) is 2.49. The van der Waals surface area contributed by atoms with Gasteiger partial charge in [0, 0.05) is 13.6 Å². The summed E-state index contributed by atoms with van der Waals surface area (Å²) in [5.41, 5.74) is 3.49. The number of nitrogens with zero attached hydrogens (tertiary/aromatic N) is 2. The Bertz CT molecular complexity index is 189. The quantitative estimate of drug-likeness (QED) is 0.531. The zero-order chi connectivity index (χ0) is 12.0. The molecule has 0 saturated carbocycles. The number of hydrazine groups is 1. The first-order chi connectivity index (χ1) is 7.66. The highest BCUT2D eigenvalue weighted by atomic mass is 32.1. The summed E-state index contributed by atoms with van der Waals surface area (Å²) in [4.78, 5) is 2.41. The molecule has 0 aromatic heterocycles. The fourth-order valence-corrected chi connectivity index (χ4v) is 2.67. The van der Waals surface area contributed by atoms with E-state index < -0.39 is 0 Å². The topological polar surface area (TPSA) is 18.5 Å². The van der Waals surface area contributed by atoms with Crippen LogP contribution in [0.5, 0.6) is 0 Å². The molecule has 1 saturated heterocycles. The summed E-state index contributed by atoms with van der Waals surface area (Å²) in [6.45, 7) is 5.64. The number of hydrogen-bond acceptors (Lipinski definition) is 4. The Hall–Kier alpha value is 0.230. The summed E-state index contributed by atoms with van der Waals surface area (Å²) >= 11 is 4.54. The number of rotatable bonds is 7. The van der Waals surface area contributed by atoms with Gasteiger partial charge in [-0.05, 0) is 13.3 Å². The number of hydrogen-bond donors (Lipinski definition) is 2. The molecule has 16 heavy (non-hydrogen) atoms. The smallest absolute Gasteiger partial charge is 0.119 e. The second-order valence-corrected chi connectivity index (χ2v) is 5.24. The van der Waals surface area contributed by atoms with Gasteiger partial charge in [0.2, 0.25) is 0 Å². The molecule has 4 heteroatoms. The molecule has 3 nitrogen and oxygen atoms in total. The molecule has 1 fully saturated rings. The summed E-state index contributed by atoms with van der Waals surface area (Å²) in [5.74, 6) is 0. The van der Waals surface area contributed by atoms with Crippen LogP contribution < -0.4 is 5.43 Å². The van der Waals surface area contributed by atoms with Crippen LogP contribution in [0.15, 0.2) is 0 Å². The Labute approximate surface area is 106 Å². The van der Waals surface area contributed by atoms with E-state index in [1.165, 1.54) is 38.5 Å². The fraction of sp³-hybridized carbons (Fsp3) is 1.00. The second-order valence-electron chi connectivity index (χ2n) is 4.75. The van der Waals surface area contributed by atoms with Crippen LogP contribution in [0, 0.1) is 0 Å². The molecule has 0 radical (unpaired) electrons. The lowest BCUT2D eigenvalue weighted by molar-refractivity contribution is 0.158. The average molecular weight is 245 g/mol. The maximum Gasteiger partial charge on any atom is 0.119 e. The molecule has 1 aliphatic heterocycles. The van der Waals surface area contributed by atoms with Gasteiger partial charge in [0.1, 0.15) is 5.50 Å². The van der Waals surface area contributed by atoms with Crippen LogP contribution in [0.25, 0.3) is 0 Å². The van der Waals surface area contributed by atoms with Crippen molar-refractivity contribution in [3.63, 3.8) is 0 Å². The van der Waals surface area contributed by atoms with Gasteiger partial charge in [-0.2, -0.15) is 0 Å². The Kier molecular flexibility index (Phi) is 6.73. The van der Waals surface area contributed by atoms with E-state index in [1.54, 1.807) is 0 Å². The van der Waals surface area contributed by atoms with Crippen molar-refractivity contribution in [1.82, 2.24) is 15.3 Å². The van der Waals surface area contributed by atoms with Gasteiger partial charge in [-0.25, -0.2) is 10.4 Å². The monoisotopic (exact) mass is 245 g/mol. The van der Waals surface area contributed by atoms with Crippen molar-refractivity contribution < 1.29 is 0 Å². The molecule has 1 heterocycles. The highest BCUT2D eigenvalue weighted by Crippen LogP contribution is 2.18. The zero-order valence-electron chi connectivity index (χ0n) is 10.9. The maximum absolute atomic E-state index is 4.54. The van der Waals surface area contributed by atoms with Crippen molar-refractivity contribution in [2.45, 2.75) is 64.0 Å². The Balaban J connectivity index is 2.08. The van der Waals surface area contributed by atoms with Crippen molar-refractivity contribution >= 4 is 12.6 Å². The maximum atomic E-state index is 4.54. The fourth-order valence-electron chi connectivity index (χ4n) is 2.17. The molecule has 2 unspecified atom stereocenters. The van der Waals surface area contributed by atoms with Crippen LogP contribution in [0.3, 0.4) is 0 Å². The zero-order valence-corrected chi connectivity index (χ0v) is 11.8. The summed E-state index contributed by atoms with van der Waals surface area (Å²) in [5, 5.41) is 2.13. The predicted molar refractivity (Wildman–Crippen MR) is 73.2 cm³/mol.